The number of pyridine rings is 1. The molecule has 1 aliphatic rings. The zero-order valence-corrected chi connectivity index (χ0v) is 17.3. The number of amides is 1. The second-order valence-corrected chi connectivity index (χ2v) is 7.56. The largest absolute Gasteiger partial charge is 0.416 e. The second-order valence-electron chi connectivity index (χ2n) is 7.56. The topological polar surface area (TPSA) is 81.4 Å². The van der Waals surface area contributed by atoms with Gasteiger partial charge in [0, 0.05) is 18.7 Å². The van der Waals surface area contributed by atoms with E-state index in [2.05, 4.69) is 19.9 Å². The highest BCUT2D eigenvalue weighted by molar-refractivity contribution is 5.78. The molecular formula is C22H21F3N4O3. The Morgan fingerprint density at radius 2 is 1.97 bits per heavy atom. The van der Waals surface area contributed by atoms with E-state index in [9.17, 15) is 18.0 Å². The van der Waals surface area contributed by atoms with Crippen molar-refractivity contribution in [2.75, 3.05) is 19.7 Å². The number of rotatable bonds is 5. The van der Waals surface area contributed by atoms with Gasteiger partial charge in [0.2, 0.25) is 5.91 Å². The van der Waals surface area contributed by atoms with Gasteiger partial charge in [-0.2, -0.15) is 13.2 Å². The van der Waals surface area contributed by atoms with Crippen molar-refractivity contribution < 1.29 is 27.3 Å². The number of aromatic nitrogens is 3. The van der Waals surface area contributed by atoms with Crippen LogP contribution < -0.4 is 0 Å². The highest BCUT2D eigenvalue weighted by Gasteiger charge is 2.33. The van der Waals surface area contributed by atoms with Crippen LogP contribution in [0.25, 0.3) is 0 Å². The molecule has 3 aromatic rings. The van der Waals surface area contributed by atoms with Gasteiger partial charge in [0.15, 0.2) is 0 Å². The monoisotopic (exact) mass is 446 g/mol. The average Bonchev–Trinajstić information content (AvgIpc) is 3.18. The summed E-state index contributed by atoms with van der Waals surface area (Å²) in [4.78, 5) is 18.9. The van der Waals surface area contributed by atoms with E-state index >= 15 is 0 Å². The van der Waals surface area contributed by atoms with Gasteiger partial charge in [0.05, 0.1) is 30.8 Å². The molecule has 0 radical (unpaired) electrons. The maximum atomic E-state index is 13.3. The zero-order chi connectivity index (χ0) is 22.7. The van der Waals surface area contributed by atoms with E-state index in [4.69, 9.17) is 4.74 Å². The molecular weight excluding hydrogens is 425 g/mol. The van der Waals surface area contributed by atoms with E-state index in [1.807, 2.05) is 0 Å². The fourth-order valence-corrected chi connectivity index (χ4v) is 3.64. The molecule has 7 nitrogen and oxygen atoms in total. The minimum absolute atomic E-state index is 0.0390. The third kappa shape index (κ3) is 4.96. The van der Waals surface area contributed by atoms with Gasteiger partial charge in [-0.15, -0.1) is 0 Å². The van der Waals surface area contributed by atoms with Crippen LogP contribution in [0.2, 0.25) is 0 Å². The Labute approximate surface area is 182 Å². The summed E-state index contributed by atoms with van der Waals surface area (Å²) < 4.78 is 50.4. The van der Waals surface area contributed by atoms with E-state index < -0.39 is 17.8 Å². The minimum atomic E-state index is -4.43. The Bertz CT molecular complexity index is 1100. The van der Waals surface area contributed by atoms with Crippen molar-refractivity contribution >= 4 is 5.91 Å². The van der Waals surface area contributed by atoms with Crippen LogP contribution in [0, 0.1) is 6.92 Å². The van der Waals surface area contributed by atoms with Gasteiger partial charge in [-0.25, -0.2) is 4.63 Å². The van der Waals surface area contributed by atoms with Crippen LogP contribution in [-0.4, -0.2) is 45.8 Å². The molecule has 1 aromatic carbocycles. The van der Waals surface area contributed by atoms with E-state index in [-0.39, 0.29) is 24.3 Å². The lowest BCUT2D eigenvalue weighted by Crippen LogP contribution is -2.43. The third-order valence-electron chi connectivity index (χ3n) is 5.34. The molecule has 0 bridgehead atoms. The Hall–Kier alpha value is -3.27. The van der Waals surface area contributed by atoms with Gasteiger partial charge in [-0.3, -0.25) is 9.78 Å². The molecule has 1 aliphatic heterocycles. The van der Waals surface area contributed by atoms with Crippen molar-refractivity contribution in [1.29, 1.82) is 0 Å². The minimum Gasteiger partial charge on any atom is -0.368 e. The molecule has 4 rings (SSSR count). The van der Waals surface area contributed by atoms with Crippen LogP contribution >= 0.6 is 0 Å². The summed E-state index contributed by atoms with van der Waals surface area (Å²) >= 11 is 0. The van der Waals surface area contributed by atoms with Crippen LogP contribution in [-0.2, 0) is 28.5 Å². The Balaban J connectivity index is 1.47. The number of alkyl halides is 3. The maximum absolute atomic E-state index is 13.3. The molecule has 2 aromatic heterocycles. The molecule has 1 fully saturated rings. The second kappa shape index (κ2) is 9.07. The molecule has 3 heterocycles. The molecule has 0 N–H and O–H groups in total. The average molecular weight is 446 g/mol. The first-order chi connectivity index (χ1) is 15.3. The van der Waals surface area contributed by atoms with Gasteiger partial charge in [-0.1, -0.05) is 34.6 Å². The van der Waals surface area contributed by atoms with Crippen LogP contribution in [0.15, 0.2) is 47.1 Å². The van der Waals surface area contributed by atoms with Crippen LogP contribution in [0.4, 0.5) is 13.2 Å². The Kier molecular flexibility index (Phi) is 6.22. The van der Waals surface area contributed by atoms with Crippen LogP contribution in [0.5, 0.6) is 0 Å². The van der Waals surface area contributed by atoms with E-state index in [0.717, 1.165) is 6.07 Å². The van der Waals surface area contributed by atoms with Gasteiger partial charge in [0.1, 0.15) is 17.5 Å². The molecule has 1 atom stereocenters. The third-order valence-corrected chi connectivity index (χ3v) is 5.34. The summed E-state index contributed by atoms with van der Waals surface area (Å²) in [6.45, 7) is 2.76. The van der Waals surface area contributed by atoms with Gasteiger partial charge < -0.3 is 9.64 Å². The standard InChI is InChI=1S/C22H21F3N4O3/c1-14-19(28-32-27-14)12-21(30)29-9-10-31-20(13-29)18-8-4-6-16(26-18)11-15-5-2-3-7-17(15)22(23,24)25/h2-8,20H,9-13H2,1H3/t20-/m0/s1. The fraction of sp³-hybridized carbons (Fsp3) is 0.364. The van der Waals surface area contributed by atoms with Crippen molar-refractivity contribution in [3.63, 3.8) is 0 Å². The summed E-state index contributed by atoms with van der Waals surface area (Å²) in [6, 6.07) is 10.6. The van der Waals surface area contributed by atoms with Crippen molar-refractivity contribution in [2.24, 2.45) is 0 Å². The predicted molar refractivity (Wildman–Crippen MR) is 106 cm³/mol. The quantitative estimate of drug-likeness (QED) is 0.597. The smallest absolute Gasteiger partial charge is 0.368 e. The van der Waals surface area contributed by atoms with Gasteiger partial charge in [-0.05, 0) is 30.7 Å². The number of aryl methyl sites for hydroxylation is 1. The SMILES string of the molecule is Cc1nonc1CC(=O)N1CCO[C@H](c2cccc(Cc3ccccc3C(F)(F)F)n2)C1. The molecule has 0 spiro atoms. The summed E-state index contributed by atoms with van der Waals surface area (Å²) in [7, 11) is 0. The lowest BCUT2D eigenvalue weighted by atomic mass is 10.0. The summed E-state index contributed by atoms with van der Waals surface area (Å²) in [6.07, 6.45) is -4.79. The summed E-state index contributed by atoms with van der Waals surface area (Å²) in [5.74, 6) is -0.132. The zero-order valence-electron chi connectivity index (χ0n) is 17.3. The first-order valence-corrected chi connectivity index (χ1v) is 10.1. The lowest BCUT2D eigenvalue weighted by molar-refractivity contribution is -0.139. The molecule has 1 saturated heterocycles. The van der Waals surface area contributed by atoms with Crippen LogP contribution in [0.1, 0.15) is 40.0 Å². The number of ether oxygens (including phenoxy) is 1. The van der Waals surface area contributed by atoms with Crippen molar-refractivity contribution in [1.82, 2.24) is 20.2 Å². The number of carbonyl (C=O) groups is 1. The molecule has 168 valence electrons. The van der Waals surface area contributed by atoms with Crippen LogP contribution in [0.3, 0.4) is 0 Å². The molecule has 0 unspecified atom stereocenters. The first-order valence-electron chi connectivity index (χ1n) is 10.1. The van der Waals surface area contributed by atoms with Crippen molar-refractivity contribution in [2.45, 2.75) is 32.0 Å². The number of morpholine rings is 1. The number of nitrogens with zero attached hydrogens (tertiary/aromatic N) is 4. The highest BCUT2D eigenvalue weighted by Crippen LogP contribution is 2.33. The number of hydrogen-bond acceptors (Lipinski definition) is 6. The number of hydrogen-bond donors (Lipinski definition) is 0. The summed E-state index contributed by atoms with van der Waals surface area (Å²) in [5.41, 5.74) is 1.61. The molecule has 0 aliphatic carbocycles. The Morgan fingerprint density at radius 3 is 2.72 bits per heavy atom. The van der Waals surface area contributed by atoms with Gasteiger partial charge in [0.25, 0.3) is 0 Å². The normalized spacial score (nSPS) is 16.9. The van der Waals surface area contributed by atoms with Crippen molar-refractivity contribution in [3.8, 4) is 0 Å². The summed E-state index contributed by atoms with van der Waals surface area (Å²) in [5, 5.41) is 7.43. The molecule has 32 heavy (non-hydrogen) atoms. The highest BCUT2D eigenvalue weighted by atomic mass is 19.4. The first kappa shape index (κ1) is 21.9. The molecule has 0 saturated carbocycles. The number of benzene rings is 1. The van der Waals surface area contributed by atoms with Crippen molar-refractivity contribution in [3.05, 3.63) is 76.4 Å². The molecule has 10 heteroatoms. The number of carbonyl (C=O) groups excluding carboxylic acids is 1. The van der Waals surface area contributed by atoms with E-state index in [1.165, 1.54) is 12.1 Å². The lowest BCUT2D eigenvalue weighted by Gasteiger charge is -2.32. The molecule has 1 amide bonds. The van der Waals surface area contributed by atoms with Gasteiger partial charge >= 0.3 is 6.18 Å². The Morgan fingerprint density at radius 1 is 1.16 bits per heavy atom. The number of halogens is 3. The maximum Gasteiger partial charge on any atom is 0.416 e. The predicted octanol–water partition coefficient (Wildman–Crippen LogP) is 3.53. The van der Waals surface area contributed by atoms with E-state index in [1.54, 1.807) is 36.1 Å². The fourth-order valence-electron chi connectivity index (χ4n) is 3.64. The van der Waals surface area contributed by atoms with E-state index in [0.29, 0.717) is 42.5 Å².